The summed E-state index contributed by atoms with van der Waals surface area (Å²) in [4.78, 5) is 36.6. The maximum atomic E-state index is 11.9. The molecule has 2 N–H and O–H groups in total. The lowest BCUT2D eigenvalue weighted by Crippen LogP contribution is -2.38. The molecule has 0 radical (unpaired) electrons. The van der Waals surface area contributed by atoms with Crippen LogP contribution in [-0.4, -0.2) is 47.4 Å². The molecule has 0 spiro atoms. The highest BCUT2D eigenvalue weighted by atomic mass is 16.4. The number of nitrogens with one attached hydrogen (secondary N) is 1. The largest absolute Gasteiger partial charge is 0.481 e. The number of rotatable bonds is 5. The van der Waals surface area contributed by atoms with Crippen molar-refractivity contribution in [3.05, 3.63) is 0 Å². The Hall–Kier alpha value is -1.59. The number of amides is 2. The van der Waals surface area contributed by atoms with Crippen LogP contribution >= 0.6 is 0 Å². The SMILES string of the molecule is O=C(O)[C@H]1CC[C@@H](C(=O)NCCC(=O)N2CCCCC2)C1. The number of hydrogen-bond donors (Lipinski definition) is 2. The van der Waals surface area contributed by atoms with E-state index >= 15 is 0 Å². The number of carboxylic acid groups (broad SMARTS) is 1. The van der Waals surface area contributed by atoms with E-state index in [1.54, 1.807) is 0 Å². The van der Waals surface area contributed by atoms with Gasteiger partial charge in [0.2, 0.25) is 11.8 Å². The van der Waals surface area contributed by atoms with Crippen molar-refractivity contribution in [2.45, 2.75) is 44.9 Å². The van der Waals surface area contributed by atoms with Gasteiger partial charge in [-0.15, -0.1) is 0 Å². The van der Waals surface area contributed by atoms with E-state index < -0.39 is 11.9 Å². The summed E-state index contributed by atoms with van der Waals surface area (Å²) in [6, 6.07) is 0. The van der Waals surface area contributed by atoms with Crippen molar-refractivity contribution in [1.82, 2.24) is 10.2 Å². The van der Waals surface area contributed by atoms with Gasteiger partial charge in [-0.05, 0) is 38.5 Å². The normalized spacial score (nSPS) is 25.6. The van der Waals surface area contributed by atoms with E-state index in [-0.39, 0.29) is 17.7 Å². The molecule has 0 bridgehead atoms. The first kappa shape index (κ1) is 15.8. The molecule has 2 amide bonds. The molecule has 1 saturated heterocycles. The minimum atomic E-state index is -0.814. The Morgan fingerprint density at radius 1 is 1.05 bits per heavy atom. The second-order valence-corrected chi connectivity index (χ2v) is 6.03. The zero-order valence-electron chi connectivity index (χ0n) is 12.3. The minimum absolute atomic E-state index is 0.102. The molecule has 1 saturated carbocycles. The van der Waals surface area contributed by atoms with Crippen LogP contribution in [0.4, 0.5) is 0 Å². The molecular formula is C15H24N2O4. The monoisotopic (exact) mass is 296 g/mol. The average molecular weight is 296 g/mol. The van der Waals surface area contributed by atoms with Crippen molar-refractivity contribution in [3.8, 4) is 0 Å². The van der Waals surface area contributed by atoms with Gasteiger partial charge in [0.15, 0.2) is 0 Å². The van der Waals surface area contributed by atoms with Crippen LogP contribution in [0.3, 0.4) is 0 Å². The molecule has 2 fully saturated rings. The van der Waals surface area contributed by atoms with Crippen LogP contribution in [0.1, 0.15) is 44.9 Å². The van der Waals surface area contributed by atoms with E-state index in [0.29, 0.717) is 32.2 Å². The third-order valence-electron chi connectivity index (χ3n) is 4.50. The van der Waals surface area contributed by atoms with Crippen LogP contribution in [0, 0.1) is 11.8 Å². The van der Waals surface area contributed by atoms with E-state index in [4.69, 9.17) is 5.11 Å². The van der Waals surface area contributed by atoms with Crippen LogP contribution < -0.4 is 5.32 Å². The number of likely N-dealkylation sites (tertiary alicyclic amines) is 1. The van der Waals surface area contributed by atoms with Crippen LogP contribution in [0.15, 0.2) is 0 Å². The minimum Gasteiger partial charge on any atom is -0.481 e. The molecule has 118 valence electrons. The lowest BCUT2D eigenvalue weighted by Gasteiger charge is -2.26. The van der Waals surface area contributed by atoms with Gasteiger partial charge in [0.1, 0.15) is 0 Å². The molecular weight excluding hydrogens is 272 g/mol. The van der Waals surface area contributed by atoms with E-state index in [2.05, 4.69) is 5.32 Å². The van der Waals surface area contributed by atoms with Crippen molar-refractivity contribution >= 4 is 17.8 Å². The fourth-order valence-corrected chi connectivity index (χ4v) is 3.18. The summed E-state index contributed by atoms with van der Waals surface area (Å²) in [7, 11) is 0. The van der Waals surface area contributed by atoms with Gasteiger partial charge < -0.3 is 15.3 Å². The molecule has 6 heteroatoms. The quantitative estimate of drug-likeness (QED) is 0.792. The Morgan fingerprint density at radius 3 is 2.33 bits per heavy atom. The summed E-state index contributed by atoms with van der Waals surface area (Å²) in [6.07, 6.45) is 5.27. The molecule has 0 aromatic heterocycles. The van der Waals surface area contributed by atoms with Crippen molar-refractivity contribution in [3.63, 3.8) is 0 Å². The number of piperidine rings is 1. The highest BCUT2D eigenvalue weighted by Crippen LogP contribution is 2.31. The van der Waals surface area contributed by atoms with E-state index in [0.717, 1.165) is 25.9 Å². The van der Waals surface area contributed by atoms with Gasteiger partial charge >= 0.3 is 5.97 Å². The molecule has 0 unspecified atom stereocenters. The molecule has 0 aromatic rings. The second-order valence-electron chi connectivity index (χ2n) is 6.03. The first-order chi connectivity index (χ1) is 10.1. The summed E-state index contributed by atoms with van der Waals surface area (Å²) in [5.41, 5.74) is 0. The van der Waals surface area contributed by atoms with Crippen molar-refractivity contribution < 1.29 is 19.5 Å². The number of aliphatic carboxylic acids is 1. The topological polar surface area (TPSA) is 86.7 Å². The zero-order valence-corrected chi connectivity index (χ0v) is 12.3. The van der Waals surface area contributed by atoms with Crippen LogP contribution in [-0.2, 0) is 14.4 Å². The summed E-state index contributed by atoms with van der Waals surface area (Å²) in [6.45, 7) is 2.01. The first-order valence-corrected chi connectivity index (χ1v) is 7.86. The van der Waals surface area contributed by atoms with Gasteiger partial charge in [-0.2, -0.15) is 0 Å². The van der Waals surface area contributed by atoms with E-state index in [1.807, 2.05) is 4.90 Å². The molecule has 1 heterocycles. The third kappa shape index (κ3) is 4.44. The Labute approximate surface area is 124 Å². The molecule has 0 aromatic carbocycles. The van der Waals surface area contributed by atoms with Gasteiger partial charge in [0.05, 0.1) is 5.92 Å². The maximum absolute atomic E-state index is 11.9. The molecule has 1 aliphatic carbocycles. The predicted molar refractivity (Wildman–Crippen MR) is 76.5 cm³/mol. The smallest absolute Gasteiger partial charge is 0.306 e. The Kier molecular flexibility index (Phi) is 5.59. The zero-order chi connectivity index (χ0) is 15.2. The lowest BCUT2D eigenvalue weighted by molar-refractivity contribution is -0.141. The Bertz CT molecular complexity index is 404. The number of carbonyl (C=O) groups is 3. The number of nitrogens with zero attached hydrogens (tertiary/aromatic N) is 1. The summed E-state index contributed by atoms with van der Waals surface area (Å²) in [5, 5.41) is 11.7. The van der Waals surface area contributed by atoms with Crippen LogP contribution in [0.25, 0.3) is 0 Å². The molecule has 6 nitrogen and oxygen atoms in total. The van der Waals surface area contributed by atoms with Crippen LogP contribution in [0.2, 0.25) is 0 Å². The van der Waals surface area contributed by atoms with Crippen molar-refractivity contribution in [1.29, 1.82) is 0 Å². The Morgan fingerprint density at radius 2 is 1.71 bits per heavy atom. The molecule has 2 atom stereocenters. The molecule has 21 heavy (non-hydrogen) atoms. The number of carboxylic acids is 1. The third-order valence-corrected chi connectivity index (χ3v) is 4.50. The molecule has 1 aliphatic heterocycles. The summed E-state index contributed by atoms with van der Waals surface area (Å²) < 4.78 is 0. The summed E-state index contributed by atoms with van der Waals surface area (Å²) in [5.74, 6) is -1.42. The van der Waals surface area contributed by atoms with Gasteiger partial charge in [-0.1, -0.05) is 0 Å². The molecule has 2 aliphatic rings. The fourth-order valence-electron chi connectivity index (χ4n) is 3.18. The fraction of sp³-hybridized carbons (Fsp3) is 0.800. The summed E-state index contributed by atoms with van der Waals surface area (Å²) >= 11 is 0. The number of hydrogen-bond acceptors (Lipinski definition) is 3. The predicted octanol–water partition coefficient (Wildman–Crippen LogP) is 1.01. The van der Waals surface area contributed by atoms with E-state index in [9.17, 15) is 14.4 Å². The van der Waals surface area contributed by atoms with Crippen LogP contribution in [0.5, 0.6) is 0 Å². The first-order valence-electron chi connectivity index (χ1n) is 7.86. The second kappa shape index (κ2) is 7.43. The van der Waals surface area contributed by atoms with Gasteiger partial charge in [0.25, 0.3) is 0 Å². The highest BCUT2D eigenvalue weighted by Gasteiger charge is 2.33. The van der Waals surface area contributed by atoms with Gasteiger partial charge in [0, 0.05) is 32.0 Å². The van der Waals surface area contributed by atoms with Crippen molar-refractivity contribution in [2.24, 2.45) is 11.8 Å². The Balaban J connectivity index is 1.65. The highest BCUT2D eigenvalue weighted by molar-refractivity contribution is 5.82. The lowest BCUT2D eigenvalue weighted by atomic mass is 10.0. The maximum Gasteiger partial charge on any atom is 0.306 e. The van der Waals surface area contributed by atoms with E-state index in [1.165, 1.54) is 6.42 Å². The van der Waals surface area contributed by atoms with Crippen molar-refractivity contribution in [2.75, 3.05) is 19.6 Å². The molecule has 2 rings (SSSR count). The average Bonchev–Trinajstić information content (AvgIpc) is 2.98. The number of carbonyl (C=O) groups excluding carboxylic acids is 2. The standard InChI is InChI=1S/C15H24N2O4/c18-13(17-8-2-1-3-9-17)6-7-16-14(19)11-4-5-12(10-11)15(20)21/h11-12H,1-10H2,(H,16,19)(H,20,21)/t11-,12+/m1/s1. The van der Waals surface area contributed by atoms with Gasteiger partial charge in [-0.25, -0.2) is 0 Å². The van der Waals surface area contributed by atoms with Gasteiger partial charge in [-0.3, -0.25) is 14.4 Å².